The minimum atomic E-state index is -0.160. The van der Waals surface area contributed by atoms with E-state index in [1.807, 2.05) is 19.1 Å². The Morgan fingerprint density at radius 1 is 1.22 bits per heavy atom. The van der Waals surface area contributed by atoms with Crippen molar-refractivity contribution in [3.05, 3.63) is 46.5 Å². The van der Waals surface area contributed by atoms with Gasteiger partial charge in [-0.3, -0.25) is 4.90 Å². The third-order valence-corrected chi connectivity index (χ3v) is 4.29. The lowest BCUT2D eigenvalue weighted by Crippen LogP contribution is -2.46. The van der Waals surface area contributed by atoms with E-state index in [2.05, 4.69) is 30.8 Å². The molecule has 1 saturated heterocycles. The number of hydrogen-bond donors (Lipinski definition) is 2. The number of benzene rings is 1. The Balaban J connectivity index is 1.47. The van der Waals surface area contributed by atoms with E-state index in [0.717, 1.165) is 55.2 Å². The highest BCUT2D eigenvalue weighted by Crippen LogP contribution is 2.24. The molecule has 1 fully saturated rings. The van der Waals surface area contributed by atoms with Gasteiger partial charge < -0.3 is 19.3 Å². The summed E-state index contributed by atoms with van der Waals surface area (Å²) >= 11 is 0. The van der Waals surface area contributed by atoms with Crippen molar-refractivity contribution in [1.82, 2.24) is 19.9 Å². The van der Waals surface area contributed by atoms with Gasteiger partial charge in [-0.25, -0.2) is 9.78 Å². The second-order valence-corrected chi connectivity index (χ2v) is 5.89. The lowest BCUT2D eigenvalue weighted by atomic mass is 10.2. The second-order valence-electron chi connectivity index (χ2n) is 5.89. The first-order chi connectivity index (χ1) is 11.2. The van der Waals surface area contributed by atoms with Crippen LogP contribution >= 0.6 is 0 Å². The molecule has 4 rings (SSSR count). The number of piperazine rings is 1. The maximum absolute atomic E-state index is 11.5. The standard InChI is InChI=1S/C16H19N5O2/c1-11-17-9-12(23-11)10-20-5-7-21(8-6-20)14-4-2-3-13-15(14)19-16(22)18-13/h2-4,9H,5-8,10H2,1H3,(H2,18,19,22). The van der Waals surface area contributed by atoms with Gasteiger partial charge in [0.1, 0.15) is 5.76 Å². The molecule has 0 radical (unpaired) electrons. The second kappa shape index (κ2) is 5.58. The number of aromatic amines is 2. The van der Waals surface area contributed by atoms with E-state index in [-0.39, 0.29) is 5.69 Å². The molecule has 0 saturated carbocycles. The molecule has 0 aliphatic carbocycles. The normalized spacial score (nSPS) is 16.3. The molecule has 1 aliphatic heterocycles. The third-order valence-electron chi connectivity index (χ3n) is 4.29. The number of anilines is 1. The number of hydrogen-bond acceptors (Lipinski definition) is 5. The average molecular weight is 313 g/mol. The van der Waals surface area contributed by atoms with Crippen LogP contribution in [0.2, 0.25) is 0 Å². The van der Waals surface area contributed by atoms with Gasteiger partial charge in [0.25, 0.3) is 0 Å². The summed E-state index contributed by atoms with van der Waals surface area (Å²) in [5.74, 6) is 1.62. The Labute approximate surface area is 132 Å². The zero-order chi connectivity index (χ0) is 15.8. The van der Waals surface area contributed by atoms with Crippen LogP contribution in [0.15, 0.2) is 33.6 Å². The molecule has 0 amide bonds. The van der Waals surface area contributed by atoms with Gasteiger partial charge in [0, 0.05) is 33.1 Å². The van der Waals surface area contributed by atoms with Crippen LogP contribution in [0.3, 0.4) is 0 Å². The van der Waals surface area contributed by atoms with Crippen LogP contribution in [0, 0.1) is 6.92 Å². The fraction of sp³-hybridized carbons (Fsp3) is 0.375. The number of nitrogens with zero attached hydrogens (tertiary/aromatic N) is 3. The van der Waals surface area contributed by atoms with Gasteiger partial charge in [-0.1, -0.05) is 6.07 Å². The Bertz CT molecular complexity index is 870. The van der Waals surface area contributed by atoms with Crippen molar-refractivity contribution >= 4 is 16.7 Å². The predicted molar refractivity (Wildman–Crippen MR) is 87.6 cm³/mol. The largest absolute Gasteiger partial charge is 0.445 e. The minimum Gasteiger partial charge on any atom is -0.445 e. The van der Waals surface area contributed by atoms with Crippen molar-refractivity contribution < 1.29 is 4.42 Å². The summed E-state index contributed by atoms with van der Waals surface area (Å²) in [6.07, 6.45) is 1.80. The number of para-hydroxylation sites is 1. The van der Waals surface area contributed by atoms with Crippen molar-refractivity contribution in [1.29, 1.82) is 0 Å². The molecule has 7 nitrogen and oxygen atoms in total. The van der Waals surface area contributed by atoms with Gasteiger partial charge in [-0.15, -0.1) is 0 Å². The van der Waals surface area contributed by atoms with Crippen molar-refractivity contribution in [2.75, 3.05) is 31.1 Å². The number of aryl methyl sites for hydroxylation is 1. The summed E-state index contributed by atoms with van der Waals surface area (Å²) in [4.78, 5) is 26.0. The van der Waals surface area contributed by atoms with Gasteiger partial charge in [0.2, 0.25) is 0 Å². The Morgan fingerprint density at radius 2 is 2.04 bits per heavy atom. The minimum absolute atomic E-state index is 0.160. The fourth-order valence-electron chi connectivity index (χ4n) is 3.15. The molecule has 1 aromatic carbocycles. The highest BCUT2D eigenvalue weighted by Gasteiger charge is 2.20. The number of oxazole rings is 1. The summed E-state index contributed by atoms with van der Waals surface area (Å²) in [5, 5.41) is 0. The third kappa shape index (κ3) is 2.75. The molecular formula is C16H19N5O2. The number of rotatable bonds is 3. The average Bonchev–Trinajstić information content (AvgIpc) is 3.12. The lowest BCUT2D eigenvalue weighted by molar-refractivity contribution is 0.229. The molecule has 1 aliphatic rings. The summed E-state index contributed by atoms with van der Waals surface area (Å²) in [6.45, 7) is 6.38. The zero-order valence-electron chi connectivity index (χ0n) is 13.0. The van der Waals surface area contributed by atoms with E-state index in [1.165, 1.54) is 0 Å². The maximum Gasteiger partial charge on any atom is 0.323 e. The van der Waals surface area contributed by atoms with Crippen LogP contribution in [-0.4, -0.2) is 46.0 Å². The van der Waals surface area contributed by atoms with Crippen LogP contribution in [-0.2, 0) is 6.54 Å². The summed E-state index contributed by atoms with van der Waals surface area (Å²) in [6, 6.07) is 5.95. The lowest BCUT2D eigenvalue weighted by Gasteiger charge is -2.35. The quantitative estimate of drug-likeness (QED) is 0.765. The van der Waals surface area contributed by atoms with E-state index >= 15 is 0 Å². The van der Waals surface area contributed by atoms with E-state index in [9.17, 15) is 4.79 Å². The molecule has 0 bridgehead atoms. The van der Waals surface area contributed by atoms with Gasteiger partial charge in [0.05, 0.1) is 29.5 Å². The van der Waals surface area contributed by atoms with Gasteiger partial charge in [-0.05, 0) is 12.1 Å². The Hall–Kier alpha value is -2.54. The summed E-state index contributed by atoms with van der Waals surface area (Å²) in [5.41, 5.74) is 2.66. The molecule has 3 aromatic rings. The smallest absolute Gasteiger partial charge is 0.323 e. The van der Waals surface area contributed by atoms with Crippen LogP contribution in [0.5, 0.6) is 0 Å². The molecular weight excluding hydrogens is 294 g/mol. The molecule has 7 heteroatoms. The number of fused-ring (bicyclic) bond motifs is 1. The Morgan fingerprint density at radius 3 is 2.78 bits per heavy atom. The highest BCUT2D eigenvalue weighted by atomic mass is 16.4. The van der Waals surface area contributed by atoms with Crippen LogP contribution in [0.1, 0.15) is 11.7 Å². The predicted octanol–water partition coefficient (Wildman–Crippen LogP) is 1.47. The molecule has 120 valence electrons. The van der Waals surface area contributed by atoms with Crippen molar-refractivity contribution in [2.45, 2.75) is 13.5 Å². The van der Waals surface area contributed by atoms with Gasteiger partial charge in [0.15, 0.2) is 5.89 Å². The van der Waals surface area contributed by atoms with E-state index in [1.54, 1.807) is 6.20 Å². The van der Waals surface area contributed by atoms with Gasteiger partial charge in [-0.2, -0.15) is 0 Å². The monoisotopic (exact) mass is 313 g/mol. The SMILES string of the molecule is Cc1ncc(CN2CCN(c3cccc4[nH]c(=O)[nH]c34)CC2)o1. The van der Waals surface area contributed by atoms with Crippen LogP contribution in [0.4, 0.5) is 5.69 Å². The summed E-state index contributed by atoms with van der Waals surface area (Å²) < 4.78 is 5.55. The molecule has 23 heavy (non-hydrogen) atoms. The molecule has 0 unspecified atom stereocenters. The van der Waals surface area contributed by atoms with Crippen LogP contribution in [0.25, 0.3) is 11.0 Å². The Kier molecular flexibility index (Phi) is 3.42. The molecule has 0 atom stereocenters. The van der Waals surface area contributed by atoms with Crippen LogP contribution < -0.4 is 10.6 Å². The van der Waals surface area contributed by atoms with E-state index in [0.29, 0.717) is 5.89 Å². The highest BCUT2D eigenvalue weighted by molar-refractivity contribution is 5.88. The number of H-pyrrole nitrogens is 2. The van der Waals surface area contributed by atoms with Crippen molar-refractivity contribution in [3.63, 3.8) is 0 Å². The number of nitrogens with one attached hydrogen (secondary N) is 2. The molecule has 0 spiro atoms. The fourth-order valence-corrected chi connectivity index (χ4v) is 3.15. The first kappa shape index (κ1) is 14.1. The first-order valence-corrected chi connectivity index (χ1v) is 7.79. The number of imidazole rings is 1. The van der Waals surface area contributed by atoms with E-state index in [4.69, 9.17) is 4.42 Å². The van der Waals surface area contributed by atoms with Gasteiger partial charge >= 0.3 is 5.69 Å². The molecule has 2 aromatic heterocycles. The first-order valence-electron chi connectivity index (χ1n) is 7.79. The molecule has 3 heterocycles. The number of aromatic nitrogens is 3. The van der Waals surface area contributed by atoms with Crippen molar-refractivity contribution in [3.8, 4) is 0 Å². The summed E-state index contributed by atoms with van der Waals surface area (Å²) in [7, 11) is 0. The zero-order valence-corrected chi connectivity index (χ0v) is 13.0. The topological polar surface area (TPSA) is 81.2 Å². The molecule has 2 N–H and O–H groups in total. The van der Waals surface area contributed by atoms with Crippen molar-refractivity contribution in [2.24, 2.45) is 0 Å². The maximum atomic E-state index is 11.5. The van der Waals surface area contributed by atoms with E-state index < -0.39 is 0 Å².